The van der Waals surface area contributed by atoms with Gasteiger partial charge in [0.2, 0.25) is 0 Å². The number of ether oxygens (including phenoxy) is 2. The lowest BCUT2D eigenvalue weighted by Gasteiger charge is -2.08. The second-order valence-corrected chi connectivity index (χ2v) is 4.00. The fraction of sp³-hybridized carbons (Fsp3) is 0.300. The maximum Gasteiger partial charge on any atom is 0.343 e. The predicted octanol–water partition coefficient (Wildman–Crippen LogP) is 1.13. The molecule has 88 valence electrons. The van der Waals surface area contributed by atoms with Crippen molar-refractivity contribution < 1.29 is 23.0 Å². The lowest BCUT2D eigenvalue weighted by atomic mass is 10.2. The Bertz CT molecular complexity index is 416. The van der Waals surface area contributed by atoms with E-state index in [9.17, 15) is 9.00 Å². The molecule has 0 saturated carbocycles. The SMILES string of the molecule is COC(=O)COc1cc(C)ccc1S(=O)O. The Morgan fingerprint density at radius 3 is 2.75 bits per heavy atom. The average molecular weight is 244 g/mol. The molecule has 0 bridgehead atoms. The molecule has 0 aliphatic rings. The first-order valence-electron chi connectivity index (χ1n) is 4.45. The predicted molar refractivity (Wildman–Crippen MR) is 57.7 cm³/mol. The minimum Gasteiger partial charge on any atom is -0.481 e. The molecule has 0 saturated heterocycles. The van der Waals surface area contributed by atoms with Crippen molar-refractivity contribution in [1.82, 2.24) is 0 Å². The largest absolute Gasteiger partial charge is 0.481 e. The number of esters is 1. The van der Waals surface area contributed by atoms with Gasteiger partial charge >= 0.3 is 5.97 Å². The van der Waals surface area contributed by atoms with E-state index in [0.29, 0.717) is 0 Å². The molecular formula is C10H12O5S. The number of aryl methyl sites for hydroxylation is 1. The van der Waals surface area contributed by atoms with E-state index >= 15 is 0 Å². The Balaban J connectivity index is 2.88. The third kappa shape index (κ3) is 3.32. The molecule has 0 fully saturated rings. The van der Waals surface area contributed by atoms with Gasteiger partial charge in [-0.1, -0.05) is 6.07 Å². The first-order valence-corrected chi connectivity index (χ1v) is 5.56. The number of carbonyl (C=O) groups is 1. The highest BCUT2D eigenvalue weighted by Crippen LogP contribution is 2.22. The molecule has 0 aliphatic heterocycles. The first-order chi connectivity index (χ1) is 7.54. The van der Waals surface area contributed by atoms with Crippen LogP contribution in [0.25, 0.3) is 0 Å². The lowest BCUT2D eigenvalue weighted by Crippen LogP contribution is -2.13. The Hall–Kier alpha value is -1.40. The van der Waals surface area contributed by atoms with Gasteiger partial charge in [0.1, 0.15) is 10.6 Å². The third-order valence-corrected chi connectivity index (χ3v) is 2.57. The fourth-order valence-electron chi connectivity index (χ4n) is 1.07. The van der Waals surface area contributed by atoms with Gasteiger partial charge in [-0.25, -0.2) is 9.00 Å². The fourth-order valence-corrected chi connectivity index (χ4v) is 1.54. The number of hydrogen-bond acceptors (Lipinski definition) is 4. The maximum absolute atomic E-state index is 11.0. The second kappa shape index (κ2) is 5.62. The van der Waals surface area contributed by atoms with E-state index in [1.807, 2.05) is 6.92 Å². The Labute approximate surface area is 95.7 Å². The monoisotopic (exact) mass is 244 g/mol. The zero-order valence-corrected chi connectivity index (χ0v) is 9.74. The second-order valence-electron chi connectivity index (χ2n) is 3.06. The van der Waals surface area contributed by atoms with E-state index in [0.717, 1.165) is 5.56 Å². The van der Waals surface area contributed by atoms with E-state index in [1.54, 1.807) is 12.1 Å². The van der Waals surface area contributed by atoms with Crippen LogP contribution in [0, 0.1) is 6.92 Å². The van der Waals surface area contributed by atoms with Crippen molar-refractivity contribution in [2.45, 2.75) is 11.8 Å². The van der Waals surface area contributed by atoms with E-state index in [2.05, 4.69) is 4.74 Å². The first kappa shape index (κ1) is 12.7. The highest BCUT2D eigenvalue weighted by molar-refractivity contribution is 7.79. The van der Waals surface area contributed by atoms with Gasteiger partial charge in [-0.3, -0.25) is 0 Å². The van der Waals surface area contributed by atoms with Crippen LogP contribution in [0.3, 0.4) is 0 Å². The minimum absolute atomic E-state index is 0.134. The van der Waals surface area contributed by atoms with Crippen LogP contribution in [0.1, 0.15) is 5.56 Å². The van der Waals surface area contributed by atoms with Crippen LogP contribution in [0.2, 0.25) is 0 Å². The van der Waals surface area contributed by atoms with Crippen molar-refractivity contribution >= 4 is 17.0 Å². The van der Waals surface area contributed by atoms with Crippen LogP contribution >= 0.6 is 0 Å². The highest BCUT2D eigenvalue weighted by Gasteiger charge is 2.11. The average Bonchev–Trinajstić information content (AvgIpc) is 2.25. The van der Waals surface area contributed by atoms with E-state index in [-0.39, 0.29) is 17.3 Å². The summed E-state index contributed by atoms with van der Waals surface area (Å²) in [6.07, 6.45) is 0. The molecule has 0 amide bonds. The molecule has 0 radical (unpaired) electrons. The van der Waals surface area contributed by atoms with Crippen molar-refractivity contribution in [3.63, 3.8) is 0 Å². The van der Waals surface area contributed by atoms with E-state index < -0.39 is 17.0 Å². The molecule has 0 spiro atoms. The van der Waals surface area contributed by atoms with E-state index in [1.165, 1.54) is 13.2 Å². The maximum atomic E-state index is 11.0. The van der Waals surface area contributed by atoms with Gasteiger partial charge in [-0.05, 0) is 24.6 Å². The summed E-state index contributed by atoms with van der Waals surface area (Å²) in [6, 6.07) is 4.76. The molecular weight excluding hydrogens is 232 g/mol. The van der Waals surface area contributed by atoms with Crippen LogP contribution < -0.4 is 4.74 Å². The molecule has 0 aromatic heterocycles. The van der Waals surface area contributed by atoms with Crippen molar-refractivity contribution in [1.29, 1.82) is 0 Å². The van der Waals surface area contributed by atoms with Crippen LogP contribution in [-0.2, 0) is 20.6 Å². The minimum atomic E-state index is -2.14. The molecule has 1 atom stereocenters. The highest BCUT2D eigenvalue weighted by atomic mass is 32.2. The Morgan fingerprint density at radius 2 is 2.19 bits per heavy atom. The van der Waals surface area contributed by atoms with Crippen molar-refractivity contribution in [3.8, 4) is 5.75 Å². The Kier molecular flexibility index (Phi) is 4.45. The number of carbonyl (C=O) groups excluding carboxylic acids is 1. The zero-order valence-electron chi connectivity index (χ0n) is 8.93. The standard InChI is InChI=1S/C10H12O5S/c1-7-3-4-9(16(12)13)8(5-7)15-6-10(11)14-2/h3-5H,6H2,1-2H3,(H,12,13). The summed E-state index contributed by atoms with van der Waals surface area (Å²) in [4.78, 5) is 11.0. The normalized spacial score (nSPS) is 11.9. The van der Waals surface area contributed by atoms with Gasteiger partial charge < -0.3 is 14.0 Å². The van der Waals surface area contributed by atoms with Crippen molar-refractivity contribution in [2.24, 2.45) is 0 Å². The zero-order chi connectivity index (χ0) is 12.1. The number of hydrogen-bond donors (Lipinski definition) is 1. The summed E-state index contributed by atoms with van der Waals surface area (Å²) in [7, 11) is 1.24. The van der Waals surface area contributed by atoms with Crippen molar-refractivity contribution in [2.75, 3.05) is 13.7 Å². The summed E-state index contributed by atoms with van der Waals surface area (Å²) in [6.45, 7) is 1.53. The van der Waals surface area contributed by atoms with E-state index in [4.69, 9.17) is 9.29 Å². The van der Waals surface area contributed by atoms with Gasteiger partial charge in [0.05, 0.1) is 7.11 Å². The van der Waals surface area contributed by atoms with Crippen LogP contribution in [0.15, 0.2) is 23.1 Å². The third-order valence-electron chi connectivity index (χ3n) is 1.86. The molecule has 1 aromatic carbocycles. The summed E-state index contributed by atoms with van der Waals surface area (Å²) in [5.74, 6) is -0.331. The molecule has 1 unspecified atom stereocenters. The van der Waals surface area contributed by atoms with Gasteiger partial charge in [0.15, 0.2) is 17.7 Å². The number of rotatable bonds is 4. The molecule has 16 heavy (non-hydrogen) atoms. The van der Waals surface area contributed by atoms with Crippen LogP contribution in [0.5, 0.6) is 5.75 Å². The van der Waals surface area contributed by atoms with Gasteiger partial charge in [0, 0.05) is 0 Å². The van der Waals surface area contributed by atoms with Crippen LogP contribution in [0.4, 0.5) is 0 Å². The summed E-state index contributed by atoms with van der Waals surface area (Å²) in [5.41, 5.74) is 0.870. The summed E-state index contributed by atoms with van der Waals surface area (Å²) >= 11 is -2.14. The topological polar surface area (TPSA) is 72.8 Å². The molecule has 1 N–H and O–H groups in total. The molecule has 0 heterocycles. The molecule has 6 heteroatoms. The molecule has 1 aromatic rings. The quantitative estimate of drug-likeness (QED) is 0.635. The summed E-state index contributed by atoms with van der Waals surface area (Å²) < 4.78 is 29.5. The summed E-state index contributed by atoms with van der Waals surface area (Å²) in [5, 5.41) is 0. The molecule has 5 nitrogen and oxygen atoms in total. The Morgan fingerprint density at radius 1 is 1.50 bits per heavy atom. The van der Waals surface area contributed by atoms with Gasteiger partial charge in [-0.15, -0.1) is 0 Å². The lowest BCUT2D eigenvalue weighted by molar-refractivity contribution is -0.142. The molecule has 1 rings (SSSR count). The number of methoxy groups -OCH3 is 1. The number of benzene rings is 1. The smallest absolute Gasteiger partial charge is 0.343 e. The van der Waals surface area contributed by atoms with Crippen molar-refractivity contribution in [3.05, 3.63) is 23.8 Å². The van der Waals surface area contributed by atoms with Gasteiger partial charge in [0.25, 0.3) is 0 Å². The van der Waals surface area contributed by atoms with Crippen LogP contribution in [-0.4, -0.2) is 28.4 Å². The molecule has 0 aliphatic carbocycles. The van der Waals surface area contributed by atoms with Gasteiger partial charge in [-0.2, -0.15) is 0 Å².